The molecular weight excluding hydrogens is 400 g/mol. The van der Waals surface area contributed by atoms with Gasteiger partial charge in [0.1, 0.15) is 0 Å². The van der Waals surface area contributed by atoms with E-state index in [9.17, 15) is 21.6 Å². The van der Waals surface area contributed by atoms with E-state index >= 15 is 0 Å². The van der Waals surface area contributed by atoms with Crippen molar-refractivity contribution >= 4 is 17.0 Å². The van der Waals surface area contributed by atoms with E-state index in [1.807, 2.05) is 0 Å². The fourth-order valence-corrected chi connectivity index (χ4v) is 8.59. The highest BCUT2D eigenvalue weighted by Gasteiger charge is 2.65. The zero-order valence-electron chi connectivity index (χ0n) is 18.3. The molecule has 4 bridgehead atoms. The third-order valence-corrected chi connectivity index (χ3v) is 11.2. The number of hydrogen-bond acceptors (Lipinski definition) is 3. The Morgan fingerprint density at radius 3 is 1.48 bits per heavy atom. The molecule has 0 aromatic heterocycles. The summed E-state index contributed by atoms with van der Waals surface area (Å²) < 4.78 is 68.9. The predicted molar refractivity (Wildman–Crippen MR) is 108 cm³/mol. The average molecular weight is 434 g/mol. The Morgan fingerprint density at radius 1 is 0.828 bits per heavy atom. The lowest BCUT2D eigenvalue weighted by atomic mass is 9.28. The quantitative estimate of drug-likeness (QED) is 0.403. The first kappa shape index (κ1) is 22.0. The maximum absolute atomic E-state index is 13.2. The lowest BCUT2D eigenvalue weighted by molar-refractivity contribution is -0.110. The number of rotatable bonds is 4. The van der Waals surface area contributed by atoms with E-state index in [2.05, 4.69) is 41.5 Å². The highest BCUT2D eigenvalue weighted by atomic mass is 32.2. The van der Waals surface area contributed by atoms with Gasteiger partial charge in [-0.25, -0.2) is 0 Å². The normalized spacial score (nSPS) is 45.1. The smallest absolute Gasteiger partial charge is 0.326 e. The molecule has 6 fully saturated rings. The molecule has 0 aliphatic heterocycles. The van der Waals surface area contributed by atoms with Crippen molar-refractivity contribution in [1.29, 1.82) is 0 Å². The standard InChI is InChI=1S/C21H34BF3O3S/c1-11-15-7-13(19(15,3)4)9-17(11)22(28-29(26,27)21(23,24)25)18-10-14-8-16(12(18)2)20(14,5)6/h11-18H,7-10H2,1-6H3/t11-,12-,13+,14+,15-,16-,17-,18?/m1/s1. The maximum Gasteiger partial charge on any atom is 0.521 e. The summed E-state index contributed by atoms with van der Waals surface area (Å²) in [7, 11) is -5.61. The van der Waals surface area contributed by atoms with Crippen LogP contribution < -0.4 is 0 Å². The van der Waals surface area contributed by atoms with Crippen molar-refractivity contribution in [3.63, 3.8) is 0 Å². The third kappa shape index (κ3) is 3.05. The van der Waals surface area contributed by atoms with Gasteiger partial charge in [-0.05, 0) is 70.8 Å². The molecule has 6 rings (SSSR count). The highest BCUT2D eigenvalue weighted by molar-refractivity contribution is 7.88. The molecule has 0 heterocycles. The van der Waals surface area contributed by atoms with Gasteiger partial charge in [-0.15, -0.1) is 0 Å². The van der Waals surface area contributed by atoms with Crippen molar-refractivity contribution in [2.75, 3.05) is 0 Å². The van der Waals surface area contributed by atoms with Gasteiger partial charge in [0.25, 0.3) is 0 Å². The Labute approximate surface area is 173 Å². The van der Waals surface area contributed by atoms with Crippen LogP contribution in [0.2, 0.25) is 11.6 Å². The summed E-state index contributed by atoms with van der Waals surface area (Å²) >= 11 is 0. The summed E-state index contributed by atoms with van der Waals surface area (Å²) in [5.41, 5.74) is -5.00. The lowest BCUT2D eigenvalue weighted by Gasteiger charge is -2.65. The molecule has 0 saturated heterocycles. The van der Waals surface area contributed by atoms with Crippen LogP contribution in [0.25, 0.3) is 0 Å². The van der Waals surface area contributed by atoms with E-state index in [-0.39, 0.29) is 34.3 Å². The topological polar surface area (TPSA) is 43.4 Å². The van der Waals surface area contributed by atoms with Crippen molar-refractivity contribution in [3.05, 3.63) is 0 Å². The van der Waals surface area contributed by atoms with Gasteiger partial charge in [0.05, 0.1) is 0 Å². The van der Waals surface area contributed by atoms with Crippen LogP contribution in [0.15, 0.2) is 0 Å². The Bertz CT molecular complexity index is 737. The van der Waals surface area contributed by atoms with Crippen molar-refractivity contribution < 1.29 is 25.7 Å². The SMILES string of the molecule is C[C@@H]1[C@H]2C[C@@H](C[C@H]1B(OS(=O)(=O)C(F)(F)F)C1C[C@@H]3C[C@H]([C@H]1C)C3(C)C)C2(C)C. The second-order valence-electron chi connectivity index (χ2n) is 11.7. The molecule has 0 spiro atoms. The molecule has 8 heteroatoms. The van der Waals surface area contributed by atoms with Crippen molar-refractivity contribution in [1.82, 2.24) is 0 Å². The second-order valence-corrected chi connectivity index (χ2v) is 13.3. The summed E-state index contributed by atoms with van der Waals surface area (Å²) in [6.07, 6.45) is 3.74. The number of halogens is 3. The minimum atomic E-state index is -5.61. The molecule has 166 valence electrons. The monoisotopic (exact) mass is 434 g/mol. The van der Waals surface area contributed by atoms with E-state index in [0.717, 1.165) is 25.7 Å². The Morgan fingerprint density at radius 2 is 1.21 bits per heavy atom. The molecular formula is C21H34BF3O3S. The molecule has 0 radical (unpaired) electrons. The van der Waals surface area contributed by atoms with Crippen molar-refractivity contribution in [3.8, 4) is 0 Å². The molecule has 1 unspecified atom stereocenters. The average Bonchev–Trinajstić information content (AvgIpc) is 2.58. The number of alkyl halides is 3. The molecule has 6 aliphatic carbocycles. The zero-order chi connectivity index (χ0) is 21.7. The zero-order valence-corrected chi connectivity index (χ0v) is 19.1. The Balaban J connectivity index is 1.65. The van der Waals surface area contributed by atoms with Gasteiger partial charge in [-0.2, -0.15) is 21.6 Å². The summed E-state index contributed by atoms with van der Waals surface area (Å²) in [5, 5.41) is 0. The van der Waals surface area contributed by atoms with Gasteiger partial charge < -0.3 is 4.10 Å². The molecule has 0 aromatic rings. The lowest BCUT2D eigenvalue weighted by Crippen LogP contribution is -2.60. The van der Waals surface area contributed by atoms with Crippen molar-refractivity contribution in [2.24, 2.45) is 46.3 Å². The second kappa shape index (κ2) is 6.40. The summed E-state index contributed by atoms with van der Waals surface area (Å²) in [6.45, 7) is 12.3. The molecule has 0 aromatic carbocycles. The highest BCUT2D eigenvalue weighted by Crippen LogP contribution is 2.69. The van der Waals surface area contributed by atoms with Crippen LogP contribution in [-0.2, 0) is 14.2 Å². The van der Waals surface area contributed by atoms with Gasteiger partial charge in [0, 0.05) is 0 Å². The van der Waals surface area contributed by atoms with Crippen molar-refractivity contribution in [2.45, 2.75) is 84.4 Å². The number of hydrogen-bond donors (Lipinski definition) is 0. The fraction of sp³-hybridized carbons (Fsp3) is 1.00. The van der Waals surface area contributed by atoms with E-state index in [1.165, 1.54) is 0 Å². The largest absolute Gasteiger partial charge is 0.521 e. The van der Waals surface area contributed by atoms with E-state index < -0.39 is 22.5 Å². The predicted octanol–water partition coefficient (Wildman–Crippen LogP) is 5.99. The molecule has 3 nitrogen and oxygen atoms in total. The van der Waals surface area contributed by atoms with Crippen LogP contribution >= 0.6 is 0 Å². The first-order valence-electron chi connectivity index (χ1n) is 11.1. The summed E-state index contributed by atoms with van der Waals surface area (Å²) in [6, 6.07) is 0. The molecule has 29 heavy (non-hydrogen) atoms. The first-order chi connectivity index (χ1) is 13.1. The Hall–Kier alpha value is -0.235. The molecule has 0 N–H and O–H groups in total. The van der Waals surface area contributed by atoms with Crippen LogP contribution in [-0.4, -0.2) is 20.8 Å². The van der Waals surface area contributed by atoms with Gasteiger partial charge >= 0.3 is 22.5 Å². The van der Waals surface area contributed by atoms with Gasteiger partial charge in [0.2, 0.25) is 0 Å². The summed E-state index contributed by atoms with van der Waals surface area (Å²) in [4.78, 5) is 0. The van der Waals surface area contributed by atoms with Crippen LogP contribution in [0.5, 0.6) is 0 Å². The Kier molecular flexibility index (Phi) is 4.85. The van der Waals surface area contributed by atoms with Crippen LogP contribution in [0.4, 0.5) is 13.2 Å². The van der Waals surface area contributed by atoms with Crippen LogP contribution in [0, 0.1) is 46.3 Å². The molecule has 8 atom stereocenters. The molecule has 0 amide bonds. The molecule has 6 saturated carbocycles. The third-order valence-electron chi connectivity index (χ3n) is 10.2. The van der Waals surface area contributed by atoms with Crippen LogP contribution in [0.3, 0.4) is 0 Å². The fourth-order valence-electron chi connectivity index (χ4n) is 7.91. The maximum atomic E-state index is 13.2. The van der Waals surface area contributed by atoms with Gasteiger partial charge in [0.15, 0.2) is 0 Å². The summed E-state index contributed by atoms with van der Waals surface area (Å²) in [5.74, 6) is 1.82. The van der Waals surface area contributed by atoms with E-state index in [1.54, 1.807) is 0 Å². The minimum Gasteiger partial charge on any atom is -0.326 e. The number of fused-ring (bicyclic) bond motifs is 4. The first-order valence-corrected chi connectivity index (χ1v) is 12.5. The van der Waals surface area contributed by atoms with E-state index in [0.29, 0.717) is 23.7 Å². The van der Waals surface area contributed by atoms with E-state index in [4.69, 9.17) is 4.10 Å². The minimum absolute atomic E-state index is 0.128. The van der Waals surface area contributed by atoms with Gasteiger partial charge in [-0.1, -0.05) is 54.4 Å². The molecule has 6 aliphatic rings. The van der Waals surface area contributed by atoms with Crippen LogP contribution in [0.1, 0.15) is 67.2 Å². The van der Waals surface area contributed by atoms with Gasteiger partial charge in [-0.3, -0.25) is 0 Å².